The molecule has 6 heteroatoms. The van der Waals surface area contributed by atoms with E-state index < -0.39 is 0 Å². The minimum Gasteiger partial charge on any atom is -0.352 e. The maximum atomic E-state index is 12.6. The molecule has 2 N–H and O–H groups in total. The number of fused-ring (bicyclic) bond motifs is 1. The van der Waals surface area contributed by atoms with Gasteiger partial charge in [0.1, 0.15) is 0 Å². The van der Waals surface area contributed by atoms with Gasteiger partial charge in [-0.1, -0.05) is 26.0 Å². The molecule has 0 aliphatic heterocycles. The fourth-order valence-electron chi connectivity index (χ4n) is 3.47. The van der Waals surface area contributed by atoms with Crippen molar-refractivity contribution in [2.45, 2.75) is 33.9 Å². The lowest BCUT2D eigenvalue weighted by molar-refractivity contribution is -0.119. The Kier molecular flexibility index (Phi) is 7.25. The Bertz CT molecular complexity index is 1000. The number of benzene rings is 2. The van der Waals surface area contributed by atoms with E-state index in [4.69, 9.17) is 0 Å². The Hall–Kier alpha value is -3.12. The number of hydrogen-bond donors (Lipinski definition) is 2. The highest BCUT2D eigenvalue weighted by molar-refractivity contribution is 6.05. The van der Waals surface area contributed by atoms with Crippen molar-refractivity contribution in [2.75, 3.05) is 25.0 Å². The molecule has 0 bridgehead atoms. The summed E-state index contributed by atoms with van der Waals surface area (Å²) in [5.41, 5.74) is 3.48. The molecule has 0 aliphatic rings. The van der Waals surface area contributed by atoms with Crippen LogP contribution in [0.25, 0.3) is 10.9 Å². The molecule has 0 unspecified atom stereocenters. The van der Waals surface area contributed by atoms with Crippen LogP contribution in [0.4, 0.5) is 5.69 Å². The maximum Gasteiger partial charge on any atom is 0.255 e. The van der Waals surface area contributed by atoms with Gasteiger partial charge in [-0.2, -0.15) is 0 Å². The fourth-order valence-corrected chi connectivity index (χ4v) is 3.47. The summed E-state index contributed by atoms with van der Waals surface area (Å²) in [6, 6.07) is 15.3. The molecule has 0 saturated heterocycles. The molecule has 0 spiro atoms. The molecule has 1 heterocycles. The number of rotatable bonds is 9. The number of carbonyl (C=O) groups excluding carboxylic acids is 2. The summed E-state index contributed by atoms with van der Waals surface area (Å²) in [5.74, 6) is -0.226. The first-order chi connectivity index (χ1) is 14.5. The fraction of sp³-hybridized carbons (Fsp3) is 0.333. The Labute approximate surface area is 177 Å². The summed E-state index contributed by atoms with van der Waals surface area (Å²) in [6.45, 7) is 10.4. The molecule has 0 atom stereocenters. The molecular weight excluding hydrogens is 376 g/mol. The van der Waals surface area contributed by atoms with Crippen LogP contribution >= 0.6 is 0 Å². The van der Waals surface area contributed by atoms with E-state index in [1.54, 1.807) is 12.1 Å². The number of likely N-dealkylation sites (N-methyl/N-ethyl adjacent to an activating group) is 1. The van der Waals surface area contributed by atoms with E-state index in [9.17, 15) is 9.59 Å². The predicted octanol–water partition coefficient (Wildman–Crippen LogP) is 3.87. The van der Waals surface area contributed by atoms with Crippen LogP contribution < -0.4 is 10.6 Å². The van der Waals surface area contributed by atoms with Crippen molar-refractivity contribution in [2.24, 2.45) is 0 Å². The Morgan fingerprint density at radius 2 is 1.73 bits per heavy atom. The first kappa shape index (κ1) is 21.6. The van der Waals surface area contributed by atoms with E-state index >= 15 is 0 Å². The predicted molar refractivity (Wildman–Crippen MR) is 122 cm³/mol. The first-order valence-electron chi connectivity index (χ1n) is 10.5. The smallest absolute Gasteiger partial charge is 0.255 e. The van der Waals surface area contributed by atoms with Crippen molar-refractivity contribution >= 4 is 28.4 Å². The standard InChI is InChI=1S/C24H30N4O2/c1-4-27(5-2)14-15-28-13-12-21-16-22(10-11-23(21)28)26-24(30)20-8-6-19(7-9-20)17-25-18(3)29/h6-13,16H,4-5,14-15,17H2,1-3H3,(H,25,29)(H,26,30). The lowest BCUT2D eigenvalue weighted by atomic mass is 10.1. The molecule has 3 aromatic rings. The number of carbonyl (C=O) groups is 2. The minimum atomic E-state index is -0.151. The van der Waals surface area contributed by atoms with Gasteiger partial charge in [0.25, 0.3) is 5.91 Å². The van der Waals surface area contributed by atoms with Gasteiger partial charge in [0.15, 0.2) is 0 Å². The van der Waals surface area contributed by atoms with Gasteiger partial charge in [0.2, 0.25) is 5.91 Å². The molecule has 1 aromatic heterocycles. The monoisotopic (exact) mass is 406 g/mol. The summed E-state index contributed by atoms with van der Waals surface area (Å²) in [4.78, 5) is 26.0. The highest BCUT2D eigenvalue weighted by atomic mass is 16.2. The molecule has 2 aromatic carbocycles. The molecule has 0 radical (unpaired) electrons. The van der Waals surface area contributed by atoms with Gasteiger partial charge in [0.05, 0.1) is 0 Å². The topological polar surface area (TPSA) is 66.4 Å². The third kappa shape index (κ3) is 5.48. The molecule has 0 saturated carbocycles. The zero-order valence-corrected chi connectivity index (χ0v) is 17.9. The molecule has 30 heavy (non-hydrogen) atoms. The molecular formula is C24H30N4O2. The minimum absolute atomic E-state index is 0.0749. The average molecular weight is 407 g/mol. The second-order valence-corrected chi connectivity index (χ2v) is 7.37. The zero-order valence-electron chi connectivity index (χ0n) is 17.9. The third-order valence-corrected chi connectivity index (χ3v) is 5.34. The summed E-state index contributed by atoms with van der Waals surface area (Å²) in [5, 5.41) is 6.83. The Morgan fingerprint density at radius 3 is 2.40 bits per heavy atom. The Morgan fingerprint density at radius 1 is 1.00 bits per heavy atom. The lowest BCUT2D eigenvalue weighted by Gasteiger charge is -2.18. The average Bonchev–Trinajstić information content (AvgIpc) is 3.15. The van der Waals surface area contributed by atoms with Crippen LogP contribution in [0.3, 0.4) is 0 Å². The van der Waals surface area contributed by atoms with E-state index in [0.717, 1.165) is 42.8 Å². The lowest BCUT2D eigenvalue weighted by Crippen LogP contribution is -2.26. The summed E-state index contributed by atoms with van der Waals surface area (Å²) in [7, 11) is 0. The van der Waals surface area contributed by atoms with Crippen molar-refractivity contribution in [1.29, 1.82) is 0 Å². The van der Waals surface area contributed by atoms with Crippen LogP contribution in [-0.2, 0) is 17.9 Å². The molecule has 0 fully saturated rings. The highest BCUT2D eigenvalue weighted by Gasteiger charge is 2.09. The van der Waals surface area contributed by atoms with E-state index in [0.29, 0.717) is 12.1 Å². The largest absolute Gasteiger partial charge is 0.352 e. The van der Waals surface area contributed by atoms with E-state index in [1.165, 1.54) is 12.4 Å². The second kappa shape index (κ2) is 10.1. The molecule has 0 aliphatic carbocycles. The zero-order chi connectivity index (χ0) is 21.5. The van der Waals surface area contributed by atoms with E-state index in [1.807, 2.05) is 24.3 Å². The number of hydrogen-bond acceptors (Lipinski definition) is 3. The van der Waals surface area contributed by atoms with Crippen LogP contribution in [0.5, 0.6) is 0 Å². The van der Waals surface area contributed by atoms with Crippen LogP contribution in [-0.4, -0.2) is 40.9 Å². The number of amides is 2. The third-order valence-electron chi connectivity index (χ3n) is 5.34. The van der Waals surface area contributed by atoms with Crippen LogP contribution in [0, 0.1) is 0 Å². The quantitative estimate of drug-likeness (QED) is 0.567. The first-order valence-corrected chi connectivity index (χ1v) is 10.5. The normalized spacial score (nSPS) is 11.1. The number of aromatic nitrogens is 1. The van der Waals surface area contributed by atoms with Crippen molar-refractivity contribution in [1.82, 2.24) is 14.8 Å². The Balaban J connectivity index is 1.64. The number of anilines is 1. The van der Waals surface area contributed by atoms with Gasteiger partial charge in [-0.3, -0.25) is 9.59 Å². The van der Waals surface area contributed by atoms with Gasteiger partial charge in [-0.25, -0.2) is 0 Å². The van der Waals surface area contributed by atoms with Crippen molar-refractivity contribution in [3.8, 4) is 0 Å². The van der Waals surface area contributed by atoms with Crippen molar-refractivity contribution in [3.63, 3.8) is 0 Å². The number of nitrogens with one attached hydrogen (secondary N) is 2. The molecule has 158 valence electrons. The maximum absolute atomic E-state index is 12.6. The molecule has 6 nitrogen and oxygen atoms in total. The van der Waals surface area contributed by atoms with Gasteiger partial charge < -0.3 is 20.1 Å². The SMILES string of the molecule is CCN(CC)CCn1ccc2cc(NC(=O)c3ccc(CNC(C)=O)cc3)ccc21. The van der Waals surface area contributed by atoms with E-state index in [2.05, 4.69) is 52.3 Å². The summed E-state index contributed by atoms with van der Waals surface area (Å²) in [6.07, 6.45) is 2.10. The second-order valence-electron chi connectivity index (χ2n) is 7.37. The van der Waals surface area contributed by atoms with Gasteiger partial charge in [-0.15, -0.1) is 0 Å². The van der Waals surface area contributed by atoms with Crippen LogP contribution in [0.2, 0.25) is 0 Å². The highest BCUT2D eigenvalue weighted by Crippen LogP contribution is 2.21. The van der Waals surface area contributed by atoms with Gasteiger partial charge in [-0.05, 0) is 55.1 Å². The van der Waals surface area contributed by atoms with Crippen molar-refractivity contribution in [3.05, 3.63) is 65.9 Å². The van der Waals surface area contributed by atoms with Gasteiger partial charge in [0, 0.05) is 54.9 Å². The molecule has 3 rings (SSSR count). The van der Waals surface area contributed by atoms with Crippen LogP contribution in [0.1, 0.15) is 36.7 Å². The number of nitrogens with zero attached hydrogens (tertiary/aromatic N) is 2. The van der Waals surface area contributed by atoms with Gasteiger partial charge >= 0.3 is 0 Å². The van der Waals surface area contributed by atoms with Crippen molar-refractivity contribution < 1.29 is 9.59 Å². The van der Waals surface area contributed by atoms with Crippen LogP contribution in [0.15, 0.2) is 54.7 Å². The van der Waals surface area contributed by atoms with E-state index in [-0.39, 0.29) is 11.8 Å². The summed E-state index contributed by atoms with van der Waals surface area (Å²) < 4.78 is 2.26. The summed E-state index contributed by atoms with van der Waals surface area (Å²) >= 11 is 0. The molecule has 2 amide bonds.